The Balaban J connectivity index is 1.63. The normalized spacial score (nSPS) is 14.2. The quantitative estimate of drug-likeness (QED) is 0.287. The van der Waals surface area contributed by atoms with Gasteiger partial charge in [0.25, 0.3) is 0 Å². The molecule has 7 rings (SSSR count). The summed E-state index contributed by atoms with van der Waals surface area (Å²) in [7, 11) is 0. The van der Waals surface area contributed by atoms with E-state index in [0.717, 1.165) is 0 Å². The zero-order valence-electron chi connectivity index (χ0n) is 18.0. The highest BCUT2D eigenvalue weighted by Gasteiger charge is 2.44. The predicted molar refractivity (Wildman–Crippen MR) is 138 cm³/mol. The van der Waals surface area contributed by atoms with Crippen molar-refractivity contribution in [2.45, 2.75) is 15.2 Å². The van der Waals surface area contributed by atoms with E-state index in [2.05, 4.69) is 126 Å². The zero-order valence-corrected chi connectivity index (χ0v) is 18.8. The Hall–Kier alpha value is -3.75. The lowest BCUT2D eigenvalue weighted by Gasteiger charge is -2.41. The molecule has 33 heavy (non-hydrogen) atoms. The van der Waals surface area contributed by atoms with Gasteiger partial charge in [0, 0.05) is 31.6 Å². The number of fused-ring (bicyclic) bond motifs is 5. The lowest BCUT2D eigenvalue weighted by atomic mass is 9.64. The molecule has 1 aliphatic heterocycles. The number of hydrogen-bond acceptors (Lipinski definition) is 1. The summed E-state index contributed by atoms with van der Waals surface area (Å²) in [5.41, 5.74) is 7.24. The van der Waals surface area contributed by atoms with Gasteiger partial charge >= 0.3 is 0 Å². The second-order valence-electron chi connectivity index (χ2n) is 8.64. The standard InChI is InChI=1S/C31H21NS/c1-2-10-21(11-3-1)31(22-18-19-24-23-12-4-7-15-27(23)32-28(24)20-22)25-13-5-8-16-29(25)33-30-17-9-6-14-26(30)31/h1-20,32H. The Morgan fingerprint density at radius 2 is 1.09 bits per heavy atom. The second-order valence-corrected chi connectivity index (χ2v) is 9.73. The highest BCUT2D eigenvalue weighted by molar-refractivity contribution is 7.99. The maximum Gasteiger partial charge on any atom is 0.0724 e. The molecule has 0 fully saturated rings. The number of hydrogen-bond donors (Lipinski definition) is 1. The molecule has 6 aromatic rings. The number of aromatic nitrogens is 1. The van der Waals surface area contributed by atoms with Crippen molar-refractivity contribution in [3.05, 3.63) is 144 Å². The maximum atomic E-state index is 3.67. The summed E-state index contributed by atoms with van der Waals surface area (Å²) in [6, 6.07) is 44.3. The molecule has 0 aliphatic carbocycles. The maximum absolute atomic E-state index is 3.67. The molecule has 5 aromatic carbocycles. The van der Waals surface area contributed by atoms with Gasteiger partial charge in [-0.3, -0.25) is 0 Å². The van der Waals surface area contributed by atoms with E-state index < -0.39 is 0 Å². The van der Waals surface area contributed by atoms with Gasteiger partial charge in [0.2, 0.25) is 0 Å². The first kappa shape index (κ1) is 18.8. The summed E-state index contributed by atoms with van der Waals surface area (Å²) in [4.78, 5) is 6.30. The number of rotatable bonds is 2. The Morgan fingerprint density at radius 3 is 1.85 bits per heavy atom. The van der Waals surface area contributed by atoms with Crippen LogP contribution in [0.5, 0.6) is 0 Å². The van der Waals surface area contributed by atoms with Gasteiger partial charge < -0.3 is 4.98 Å². The van der Waals surface area contributed by atoms with E-state index in [9.17, 15) is 0 Å². The summed E-state index contributed by atoms with van der Waals surface area (Å²) in [6.07, 6.45) is 0. The van der Waals surface area contributed by atoms with Gasteiger partial charge in [0.15, 0.2) is 0 Å². The Morgan fingerprint density at radius 1 is 0.485 bits per heavy atom. The van der Waals surface area contributed by atoms with Gasteiger partial charge in [-0.25, -0.2) is 0 Å². The minimum atomic E-state index is -0.384. The number of benzene rings is 5. The second kappa shape index (κ2) is 7.13. The van der Waals surface area contributed by atoms with Crippen LogP contribution in [0.3, 0.4) is 0 Å². The smallest absolute Gasteiger partial charge is 0.0724 e. The van der Waals surface area contributed by atoms with Crippen molar-refractivity contribution in [1.29, 1.82) is 0 Å². The third-order valence-corrected chi connectivity index (χ3v) is 8.10. The van der Waals surface area contributed by atoms with Crippen molar-refractivity contribution in [2.75, 3.05) is 0 Å². The van der Waals surface area contributed by atoms with Gasteiger partial charge in [0.05, 0.1) is 5.41 Å². The molecule has 1 N–H and O–H groups in total. The highest BCUT2D eigenvalue weighted by Crippen LogP contribution is 2.55. The van der Waals surface area contributed by atoms with E-state index in [1.165, 1.54) is 53.9 Å². The molecule has 0 spiro atoms. The van der Waals surface area contributed by atoms with Gasteiger partial charge in [-0.1, -0.05) is 109 Å². The van der Waals surface area contributed by atoms with Crippen molar-refractivity contribution in [2.24, 2.45) is 0 Å². The summed E-state index contributed by atoms with van der Waals surface area (Å²) < 4.78 is 0. The molecule has 0 radical (unpaired) electrons. The van der Waals surface area contributed by atoms with Crippen LogP contribution in [0.2, 0.25) is 0 Å². The van der Waals surface area contributed by atoms with Gasteiger partial charge in [-0.2, -0.15) is 0 Å². The van der Waals surface area contributed by atoms with Crippen molar-refractivity contribution < 1.29 is 0 Å². The van der Waals surface area contributed by atoms with E-state index in [1.807, 2.05) is 11.8 Å². The van der Waals surface area contributed by atoms with Crippen molar-refractivity contribution in [3.63, 3.8) is 0 Å². The molecule has 0 bridgehead atoms. The first-order valence-corrected chi connectivity index (χ1v) is 12.1. The molecule has 1 aliphatic rings. The first-order chi connectivity index (χ1) is 16.4. The van der Waals surface area contributed by atoms with Crippen LogP contribution in [-0.4, -0.2) is 4.98 Å². The van der Waals surface area contributed by atoms with Crippen LogP contribution >= 0.6 is 11.8 Å². The molecule has 0 unspecified atom stereocenters. The third-order valence-electron chi connectivity index (χ3n) is 6.95. The van der Waals surface area contributed by atoms with E-state index >= 15 is 0 Å². The van der Waals surface area contributed by atoms with Crippen molar-refractivity contribution in [1.82, 2.24) is 4.98 Å². The van der Waals surface area contributed by atoms with Crippen LogP contribution < -0.4 is 0 Å². The molecule has 0 amide bonds. The molecule has 2 heterocycles. The number of aromatic amines is 1. The van der Waals surface area contributed by atoms with E-state index in [-0.39, 0.29) is 5.41 Å². The minimum absolute atomic E-state index is 0.384. The molecular formula is C31H21NS. The summed E-state index contributed by atoms with van der Waals surface area (Å²) >= 11 is 1.87. The molecule has 0 saturated carbocycles. The third kappa shape index (κ3) is 2.62. The van der Waals surface area contributed by atoms with Gasteiger partial charge in [-0.15, -0.1) is 0 Å². The van der Waals surface area contributed by atoms with Gasteiger partial charge in [-0.05, 0) is 46.5 Å². The van der Waals surface area contributed by atoms with Crippen molar-refractivity contribution in [3.8, 4) is 0 Å². The molecule has 156 valence electrons. The molecular weight excluding hydrogens is 418 g/mol. The summed E-state index contributed by atoms with van der Waals surface area (Å²) in [6.45, 7) is 0. The molecule has 1 aromatic heterocycles. The Bertz CT molecular complexity index is 1600. The van der Waals surface area contributed by atoms with Crippen LogP contribution in [0, 0.1) is 0 Å². The van der Waals surface area contributed by atoms with Crippen LogP contribution in [0.4, 0.5) is 0 Å². The fraction of sp³-hybridized carbons (Fsp3) is 0.0323. The highest BCUT2D eigenvalue weighted by atomic mass is 32.2. The number of para-hydroxylation sites is 1. The van der Waals surface area contributed by atoms with Crippen LogP contribution in [-0.2, 0) is 5.41 Å². The molecule has 2 heteroatoms. The number of nitrogens with one attached hydrogen (secondary N) is 1. The van der Waals surface area contributed by atoms with Crippen LogP contribution in [0.25, 0.3) is 21.8 Å². The zero-order chi connectivity index (χ0) is 21.8. The largest absolute Gasteiger partial charge is 0.355 e. The molecule has 1 nitrogen and oxygen atoms in total. The lowest BCUT2D eigenvalue weighted by molar-refractivity contribution is 0.703. The van der Waals surface area contributed by atoms with Gasteiger partial charge in [0.1, 0.15) is 0 Å². The minimum Gasteiger partial charge on any atom is -0.355 e. The number of H-pyrrole nitrogens is 1. The van der Waals surface area contributed by atoms with Crippen LogP contribution in [0.1, 0.15) is 22.3 Å². The summed E-state index contributed by atoms with van der Waals surface area (Å²) in [5, 5.41) is 2.54. The average Bonchev–Trinajstić information content (AvgIpc) is 3.26. The summed E-state index contributed by atoms with van der Waals surface area (Å²) in [5.74, 6) is 0. The fourth-order valence-electron chi connectivity index (χ4n) is 5.56. The molecule has 0 saturated heterocycles. The topological polar surface area (TPSA) is 15.8 Å². The first-order valence-electron chi connectivity index (χ1n) is 11.3. The average molecular weight is 440 g/mol. The van der Waals surface area contributed by atoms with Crippen molar-refractivity contribution >= 4 is 33.6 Å². The Labute approximate surface area is 197 Å². The SMILES string of the molecule is c1ccc(C2(c3ccc4c(c3)[nH]c3ccccc34)c3ccccc3Sc3ccccc32)cc1. The monoisotopic (exact) mass is 439 g/mol. The van der Waals surface area contributed by atoms with Crippen LogP contribution in [0.15, 0.2) is 131 Å². The van der Waals surface area contributed by atoms with E-state index in [4.69, 9.17) is 0 Å². The lowest BCUT2D eigenvalue weighted by Crippen LogP contribution is -2.34. The van der Waals surface area contributed by atoms with E-state index in [0.29, 0.717) is 0 Å². The van der Waals surface area contributed by atoms with E-state index in [1.54, 1.807) is 0 Å². The Kier molecular flexibility index (Phi) is 4.06. The molecule has 0 atom stereocenters. The predicted octanol–water partition coefficient (Wildman–Crippen LogP) is 8.17. The fourth-order valence-corrected chi connectivity index (χ4v) is 6.75.